The second kappa shape index (κ2) is 2.59. The fraction of sp³-hybridized carbons (Fsp3) is 0. The van der Waals surface area contributed by atoms with Crippen LogP contribution in [-0.4, -0.2) is 4.98 Å². The lowest BCUT2D eigenvalue weighted by Gasteiger charge is -1.93. The van der Waals surface area contributed by atoms with Crippen LogP contribution in [0.25, 0.3) is 0 Å². The van der Waals surface area contributed by atoms with E-state index in [-0.39, 0.29) is 0 Å². The van der Waals surface area contributed by atoms with E-state index < -0.39 is 0 Å². The highest BCUT2D eigenvalue weighted by molar-refractivity contribution is 6.29. The van der Waals surface area contributed by atoms with E-state index in [1.54, 1.807) is 12.1 Å². The molecule has 1 aromatic rings. The van der Waals surface area contributed by atoms with Crippen LogP contribution in [0.15, 0.2) is 12.1 Å². The third-order valence-electron chi connectivity index (χ3n) is 0.981. The van der Waals surface area contributed by atoms with Crippen molar-refractivity contribution in [2.75, 3.05) is 5.73 Å². The lowest BCUT2D eigenvalue weighted by atomic mass is 10.3. The minimum absolute atomic E-state index is 0.327. The molecular weight excluding hydrogens is 148 g/mol. The van der Waals surface area contributed by atoms with Crippen LogP contribution >= 0.6 is 11.6 Å². The van der Waals surface area contributed by atoms with Crippen molar-refractivity contribution in [3.05, 3.63) is 22.8 Å². The molecule has 1 heterocycles. The van der Waals surface area contributed by atoms with Gasteiger partial charge in [-0.2, -0.15) is 0 Å². The first kappa shape index (κ1) is 6.91. The zero-order valence-corrected chi connectivity index (χ0v) is 5.89. The van der Waals surface area contributed by atoms with Crippen molar-refractivity contribution >= 4 is 17.4 Å². The maximum Gasteiger partial charge on any atom is 0.132 e. The number of halogens is 1. The lowest BCUT2D eigenvalue weighted by molar-refractivity contribution is 1.33. The van der Waals surface area contributed by atoms with Gasteiger partial charge in [0.15, 0.2) is 0 Å². The number of nitrogen functional groups attached to an aromatic ring is 1. The zero-order chi connectivity index (χ0) is 7.56. The van der Waals surface area contributed by atoms with Crippen LogP contribution < -0.4 is 5.73 Å². The van der Waals surface area contributed by atoms with E-state index in [1.165, 1.54) is 0 Å². The number of rotatable bonds is 0. The minimum atomic E-state index is 0.327. The molecule has 1 rings (SSSR count). The van der Waals surface area contributed by atoms with Crippen molar-refractivity contribution < 1.29 is 0 Å². The average molecular weight is 153 g/mol. The Hall–Kier alpha value is -1.20. The van der Waals surface area contributed by atoms with Gasteiger partial charge in [0.05, 0.1) is 0 Å². The molecule has 0 atom stereocenters. The summed E-state index contributed by atoms with van der Waals surface area (Å²) < 4.78 is 0. The summed E-state index contributed by atoms with van der Waals surface area (Å²) >= 11 is 5.54. The monoisotopic (exact) mass is 152 g/mol. The predicted molar refractivity (Wildman–Crippen MR) is 41.6 cm³/mol. The van der Waals surface area contributed by atoms with Crippen molar-refractivity contribution in [3.63, 3.8) is 0 Å². The molecule has 0 radical (unpaired) electrons. The van der Waals surface area contributed by atoms with Gasteiger partial charge in [-0.3, -0.25) is 0 Å². The Balaban J connectivity index is 3.22. The normalized spacial score (nSPS) is 8.80. The topological polar surface area (TPSA) is 38.9 Å². The molecule has 0 aliphatic rings. The Bertz CT molecular complexity index is 268. The second-order valence-electron chi connectivity index (χ2n) is 1.75. The summed E-state index contributed by atoms with van der Waals surface area (Å²) in [6.07, 6.45) is 5.10. The van der Waals surface area contributed by atoms with Crippen LogP contribution in [0.3, 0.4) is 0 Å². The second-order valence-corrected chi connectivity index (χ2v) is 2.13. The van der Waals surface area contributed by atoms with Crippen molar-refractivity contribution in [1.82, 2.24) is 4.98 Å². The van der Waals surface area contributed by atoms with E-state index in [0.29, 0.717) is 16.5 Å². The molecule has 2 N–H and O–H groups in total. The zero-order valence-electron chi connectivity index (χ0n) is 5.13. The Kier molecular flexibility index (Phi) is 1.79. The molecular formula is C7H5ClN2. The third-order valence-corrected chi connectivity index (χ3v) is 1.17. The standard InChI is InChI=1S/C7H5ClN2/c1-2-5-3-6(8)10-7(9)4-5/h1,3-4H,(H2,9,10). The van der Waals surface area contributed by atoms with Gasteiger partial charge in [0.1, 0.15) is 11.0 Å². The van der Waals surface area contributed by atoms with E-state index in [9.17, 15) is 0 Å². The van der Waals surface area contributed by atoms with Crippen LogP contribution in [-0.2, 0) is 0 Å². The van der Waals surface area contributed by atoms with E-state index in [1.807, 2.05) is 0 Å². The van der Waals surface area contributed by atoms with Gasteiger partial charge < -0.3 is 5.73 Å². The van der Waals surface area contributed by atoms with Crippen LogP contribution in [0.2, 0.25) is 5.15 Å². The fourth-order valence-corrected chi connectivity index (χ4v) is 0.816. The first-order chi connectivity index (χ1) is 4.72. The first-order valence-electron chi connectivity index (χ1n) is 2.62. The number of hydrogen-bond donors (Lipinski definition) is 1. The Morgan fingerprint density at radius 2 is 2.30 bits per heavy atom. The number of pyridine rings is 1. The average Bonchev–Trinajstić information content (AvgIpc) is 1.85. The molecule has 0 amide bonds. The molecule has 10 heavy (non-hydrogen) atoms. The SMILES string of the molecule is C#Cc1cc(N)nc(Cl)c1. The Morgan fingerprint density at radius 1 is 1.60 bits per heavy atom. The van der Waals surface area contributed by atoms with Gasteiger partial charge in [0, 0.05) is 5.56 Å². The van der Waals surface area contributed by atoms with Gasteiger partial charge in [-0.05, 0) is 12.1 Å². The summed E-state index contributed by atoms with van der Waals surface area (Å²) in [6.45, 7) is 0. The molecule has 1 aromatic heterocycles. The van der Waals surface area contributed by atoms with Gasteiger partial charge >= 0.3 is 0 Å². The van der Waals surface area contributed by atoms with E-state index >= 15 is 0 Å². The highest BCUT2D eigenvalue weighted by Gasteiger charge is 1.93. The van der Waals surface area contributed by atoms with Crippen molar-refractivity contribution in [2.24, 2.45) is 0 Å². The molecule has 3 heteroatoms. The van der Waals surface area contributed by atoms with Gasteiger partial charge in [-0.15, -0.1) is 6.42 Å². The molecule has 0 aliphatic carbocycles. The predicted octanol–water partition coefficient (Wildman–Crippen LogP) is 1.30. The first-order valence-corrected chi connectivity index (χ1v) is 3.00. The Labute approximate surface area is 64.0 Å². The van der Waals surface area contributed by atoms with Crippen LogP contribution in [0.4, 0.5) is 5.82 Å². The molecule has 0 unspecified atom stereocenters. The van der Waals surface area contributed by atoms with Crippen LogP contribution in [0.5, 0.6) is 0 Å². The number of hydrogen-bond acceptors (Lipinski definition) is 2. The van der Waals surface area contributed by atoms with Crippen molar-refractivity contribution in [2.45, 2.75) is 0 Å². The highest BCUT2D eigenvalue weighted by Crippen LogP contribution is 2.10. The molecule has 0 saturated carbocycles. The van der Waals surface area contributed by atoms with Gasteiger partial charge in [-0.25, -0.2) is 4.98 Å². The molecule has 0 fully saturated rings. The van der Waals surface area contributed by atoms with Crippen LogP contribution in [0.1, 0.15) is 5.56 Å². The van der Waals surface area contributed by atoms with Gasteiger partial charge in [-0.1, -0.05) is 17.5 Å². The lowest BCUT2D eigenvalue weighted by Crippen LogP contribution is -1.90. The summed E-state index contributed by atoms with van der Waals surface area (Å²) in [4.78, 5) is 3.73. The molecule has 0 aromatic carbocycles. The summed E-state index contributed by atoms with van der Waals surface area (Å²) in [5.74, 6) is 2.75. The molecule has 50 valence electrons. The largest absolute Gasteiger partial charge is 0.384 e. The molecule has 0 spiro atoms. The summed E-state index contributed by atoms with van der Waals surface area (Å²) in [6, 6.07) is 3.17. The third kappa shape index (κ3) is 1.40. The quantitative estimate of drug-likeness (QED) is 0.450. The molecule has 2 nitrogen and oxygen atoms in total. The highest BCUT2D eigenvalue weighted by atomic mass is 35.5. The number of anilines is 1. The van der Waals surface area contributed by atoms with Gasteiger partial charge in [0.25, 0.3) is 0 Å². The Morgan fingerprint density at radius 3 is 2.80 bits per heavy atom. The summed E-state index contributed by atoms with van der Waals surface area (Å²) in [5.41, 5.74) is 5.99. The van der Waals surface area contributed by atoms with E-state index in [0.717, 1.165) is 0 Å². The molecule has 0 aliphatic heterocycles. The fourth-order valence-electron chi connectivity index (χ4n) is 0.601. The minimum Gasteiger partial charge on any atom is -0.384 e. The maximum atomic E-state index is 5.54. The smallest absolute Gasteiger partial charge is 0.132 e. The summed E-state index contributed by atoms with van der Waals surface area (Å²) in [5, 5.41) is 0.327. The van der Waals surface area contributed by atoms with Crippen molar-refractivity contribution in [1.29, 1.82) is 0 Å². The van der Waals surface area contributed by atoms with Gasteiger partial charge in [0.2, 0.25) is 0 Å². The maximum absolute atomic E-state index is 5.54. The summed E-state index contributed by atoms with van der Waals surface area (Å²) in [7, 11) is 0. The molecule has 0 saturated heterocycles. The number of aromatic nitrogens is 1. The van der Waals surface area contributed by atoms with Crippen molar-refractivity contribution in [3.8, 4) is 12.3 Å². The molecule has 0 bridgehead atoms. The van der Waals surface area contributed by atoms with Crippen LogP contribution in [0, 0.1) is 12.3 Å². The van der Waals surface area contributed by atoms with E-state index in [2.05, 4.69) is 10.9 Å². The number of nitrogens with two attached hydrogens (primary N) is 1. The number of nitrogens with zero attached hydrogens (tertiary/aromatic N) is 1. The number of terminal acetylenes is 1. The van der Waals surface area contributed by atoms with E-state index in [4.69, 9.17) is 23.8 Å².